The predicted octanol–water partition coefficient (Wildman–Crippen LogP) is 3.03. The second kappa shape index (κ2) is 12.0. The van der Waals surface area contributed by atoms with Gasteiger partial charge in [0.15, 0.2) is 4.90 Å². The van der Waals surface area contributed by atoms with Crippen LogP contribution >= 0.6 is 0 Å². The average Bonchev–Trinajstić information content (AvgIpc) is 3.29. The van der Waals surface area contributed by atoms with Gasteiger partial charge in [0, 0.05) is 19.2 Å². The van der Waals surface area contributed by atoms with Gasteiger partial charge in [-0.2, -0.15) is 13.2 Å². The van der Waals surface area contributed by atoms with Gasteiger partial charge in [-0.05, 0) is 51.8 Å². The number of nitrogens with zero attached hydrogens (tertiary/aromatic N) is 3. The normalized spacial score (nSPS) is 15.8. The first-order valence-corrected chi connectivity index (χ1v) is 13.9. The summed E-state index contributed by atoms with van der Waals surface area (Å²) in [5, 5.41) is 13.3. The lowest BCUT2D eigenvalue weighted by molar-refractivity contribution is -0.257. The Kier molecular flexibility index (Phi) is 9.39. The first-order valence-electron chi connectivity index (χ1n) is 12.5. The van der Waals surface area contributed by atoms with Gasteiger partial charge < -0.3 is 24.1 Å². The first-order chi connectivity index (χ1) is 18.6. The van der Waals surface area contributed by atoms with E-state index in [1.165, 1.54) is 36.0 Å². The van der Waals surface area contributed by atoms with Crippen molar-refractivity contribution in [2.75, 3.05) is 24.1 Å². The van der Waals surface area contributed by atoms with Crippen molar-refractivity contribution < 1.29 is 50.5 Å². The molecule has 0 aliphatic carbocycles. The van der Waals surface area contributed by atoms with E-state index in [0.29, 0.717) is 6.54 Å². The number of fused-ring (bicyclic) bond motifs is 1. The van der Waals surface area contributed by atoms with Crippen LogP contribution in [0.25, 0.3) is 0 Å². The van der Waals surface area contributed by atoms with Gasteiger partial charge in [0.25, 0.3) is 15.9 Å². The molecule has 1 aromatic carbocycles. The number of anilines is 1. The van der Waals surface area contributed by atoms with Crippen LogP contribution in [-0.4, -0.2) is 72.7 Å². The summed E-state index contributed by atoms with van der Waals surface area (Å²) < 4.78 is 85.8. The van der Waals surface area contributed by atoms with E-state index in [4.69, 9.17) is 14.6 Å². The highest BCUT2D eigenvalue weighted by Crippen LogP contribution is 2.40. The quantitative estimate of drug-likeness (QED) is 0.369. The zero-order valence-electron chi connectivity index (χ0n) is 22.5. The molecule has 1 aromatic heterocycles. The van der Waals surface area contributed by atoms with E-state index in [0.717, 1.165) is 18.2 Å². The predicted molar refractivity (Wildman–Crippen MR) is 136 cm³/mol. The fourth-order valence-corrected chi connectivity index (χ4v) is 5.42. The van der Waals surface area contributed by atoms with E-state index in [2.05, 4.69) is 9.84 Å². The van der Waals surface area contributed by atoms with Crippen LogP contribution in [0.3, 0.4) is 0 Å². The number of rotatable bonds is 12. The zero-order valence-corrected chi connectivity index (χ0v) is 23.3. The molecule has 2 aromatic rings. The maximum atomic E-state index is 14.0. The lowest BCUT2D eigenvalue weighted by atomic mass is 10.1. The van der Waals surface area contributed by atoms with Gasteiger partial charge in [0.05, 0.1) is 25.3 Å². The number of alkyl halides is 3. The largest absolute Gasteiger partial charge is 0.486 e. The van der Waals surface area contributed by atoms with Crippen molar-refractivity contribution in [2.45, 2.75) is 76.3 Å². The number of carbonyl (C=O) groups is 2. The number of ketones is 1. The number of hydrogen-bond donors (Lipinski definition) is 1. The standard InChI is InChI=1S/C25H32F3N3O8S/c1-5-30-15-21(23(29-30)37-11-10-32)40(35,36)31-14-18(8-6-16(2)33)38-20-9-7-17(12-19(20)31)13-22(34)39-24(3,4)25(26,27)28/h7,9,12,15,18,32H,5-6,8,10-11,13-14H2,1-4H3/t18-/m0/s1. The molecule has 1 aliphatic heterocycles. The van der Waals surface area contributed by atoms with Gasteiger partial charge in [-0.25, -0.2) is 8.42 Å². The van der Waals surface area contributed by atoms with Gasteiger partial charge >= 0.3 is 12.1 Å². The molecule has 222 valence electrons. The van der Waals surface area contributed by atoms with Crippen molar-refractivity contribution >= 4 is 27.5 Å². The number of aliphatic hydroxyl groups excluding tert-OH is 1. The highest BCUT2D eigenvalue weighted by Gasteiger charge is 2.50. The Bertz CT molecular complexity index is 1340. The Morgan fingerprint density at radius 3 is 2.55 bits per heavy atom. The lowest BCUT2D eigenvalue weighted by Crippen LogP contribution is -2.44. The maximum absolute atomic E-state index is 14.0. The molecule has 3 rings (SSSR count). The van der Waals surface area contributed by atoms with Crippen molar-refractivity contribution in [3.05, 3.63) is 30.0 Å². The number of aryl methyl sites for hydroxylation is 1. The Morgan fingerprint density at radius 1 is 1.25 bits per heavy atom. The minimum absolute atomic E-state index is 0.0387. The van der Waals surface area contributed by atoms with Crippen LogP contribution in [0, 0.1) is 0 Å². The van der Waals surface area contributed by atoms with E-state index in [-0.39, 0.29) is 66.2 Å². The highest BCUT2D eigenvalue weighted by molar-refractivity contribution is 7.93. The molecule has 0 radical (unpaired) electrons. The SMILES string of the molecule is CCn1cc(S(=O)(=O)N2C[C@H](CCC(C)=O)Oc3ccc(CC(=O)OC(C)(C)C(F)(F)F)cc32)c(OCCO)n1. The molecular formula is C25H32F3N3O8S. The van der Waals surface area contributed by atoms with Gasteiger partial charge in [-0.1, -0.05) is 6.07 Å². The molecule has 0 saturated heterocycles. The minimum Gasteiger partial charge on any atom is -0.486 e. The van der Waals surface area contributed by atoms with Crippen molar-refractivity contribution in [3.8, 4) is 11.6 Å². The molecule has 0 unspecified atom stereocenters. The number of ether oxygens (including phenoxy) is 3. The number of carbonyl (C=O) groups excluding carboxylic acids is 2. The van der Waals surface area contributed by atoms with Gasteiger partial charge in [0.1, 0.15) is 24.2 Å². The monoisotopic (exact) mass is 591 g/mol. The van der Waals surface area contributed by atoms with E-state index >= 15 is 0 Å². The van der Waals surface area contributed by atoms with Gasteiger partial charge in [0.2, 0.25) is 5.60 Å². The van der Waals surface area contributed by atoms with Crippen LogP contribution in [0.1, 0.15) is 46.1 Å². The number of benzene rings is 1. The number of aromatic nitrogens is 2. The number of esters is 1. The number of hydrogen-bond acceptors (Lipinski definition) is 9. The van der Waals surface area contributed by atoms with Crippen molar-refractivity contribution in [2.24, 2.45) is 0 Å². The molecule has 2 heterocycles. The molecule has 40 heavy (non-hydrogen) atoms. The third-order valence-corrected chi connectivity index (χ3v) is 7.85. The summed E-state index contributed by atoms with van der Waals surface area (Å²) in [7, 11) is -4.38. The second-order valence-corrected chi connectivity index (χ2v) is 11.5. The second-order valence-electron chi connectivity index (χ2n) is 9.70. The highest BCUT2D eigenvalue weighted by atomic mass is 32.2. The Balaban J connectivity index is 2.01. The Labute approximate surface area is 229 Å². The molecule has 0 amide bonds. The first kappa shape index (κ1) is 31.2. The summed E-state index contributed by atoms with van der Waals surface area (Å²) in [6, 6.07) is 4.16. The van der Waals surface area contributed by atoms with E-state index < -0.39 is 40.3 Å². The summed E-state index contributed by atoms with van der Waals surface area (Å²) in [5.74, 6) is -1.35. The summed E-state index contributed by atoms with van der Waals surface area (Å²) in [4.78, 5) is 23.7. The van der Waals surface area contributed by atoms with Crippen LogP contribution in [0.15, 0.2) is 29.3 Å². The fraction of sp³-hybridized carbons (Fsp3) is 0.560. The third kappa shape index (κ3) is 7.05. The van der Waals surface area contributed by atoms with Crippen LogP contribution < -0.4 is 13.8 Å². The van der Waals surface area contributed by atoms with Gasteiger partial charge in [-0.3, -0.25) is 13.8 Å². The topological polar surface area (TPSA) is 137 Å². The summed E-state index contributed by atoms with van der Waals surface area (Å²) >= 11 is 0. The smallest absolute Gasteiger partial charge is 0.427 e. The molecular weight excluding hydrogens is 559 g/mol. The molecule has 11 nitrogen and oxygen atoms in total. The Hall–Kier alpha value is -3.33. The molecule has 1 aliphatic rings. The molecule has 1 atom stereocenters. The molecule has 0 spiro atoms. The summed E-state index contributed by atoms with van der Waals surface area (Å²) in [6.45, 7) is 4.15. The van der Waals surface area contributed by atoms with E-state index in [9.17, 15) is 31.2 Å². The minimum atomic E-state index is -4.79. The van der Waals surface area contributed by atoms with Crippen molar-refractivity contribution in [1.29, 1.82) is 0 Å². The van der Waals surface area contributed by atoms with Gasteiger partial charge in [-0.15, -0.1) is 5.10 Å². The van der Waals surface area contributed by atoms with Crippen LogP contribution in [0.4, 0.5) is 18.9 Å². The number of aliphatic hydroxyl groups is 1. The van der Waals surface area contributed by atoms with Crippen molar-refractivity contribution in [3.63, 3.8) is 0 Å². The van der Waals surface area contributed by atoms with E-state index in [1.54, 1.807) is 6.92 Å². The van der Waals surface area contributed by atoms with Crippen LogP contribution in [0.2, 0.25) is 0 Å². The summed E-state index contributed by atoms with van der Waals surface area (Å²) in [5.41, 5.74) is -2.49. The molecule has 1 N–H and O–H groups in total. The number of halogens is 3. The lowest BCUT2D eigenvalue weighted by Gasteiger charge is -2.35. The van der Waals surface area contributed by atoms with Crippen molar-refractivity contribution in [1.82, 2.24) is 9.78 Å². The zero-order chi connectivity index (χ0) is 29.9. The van der Waals surface area contributed by atoms with E-state index in [1.807, 2.05) is 0 Å². The maximum Gasteiger partial charge on any atom is 0.427 e. The molecule has 15 heteroatoms. The number of sulfonamides is 1. The summed E-state index contributed by atoms with van der Waals surface area (Å²) in [6.07, 6.45) is -4.40. The number of Topliss-reactive ketones (excluding diaryl/α,β-unsaturated/α-hetero) is 1. The Morgan fingerprint density at radius 2 is 1.95 bits per heavy atom. The average molecular weight is 592 g/mol. The molecule has 0 saturated carbocycles. The molecule has 0 bridgehead atoms. The van der Waals surface area contributed by atoms with Crippen LogP contribution in [0.5, 0.6) is 11.6 Å². The van der Waals surface area contributed by atoms with Crippen LogP contribution in [-0.2, 0) is 37.3 Å². The third-order valence-electron chi connectivity index (χ3n) is 6.09. The molecule has 0 fully saturated rings. The fourth-order valence-electron chi connectivity index (χ4n) is 3.84.